The Balaban J connectivity index is 0.000000105. The fraction of sp³-hybridized carbons (Fsp3) is 0. The van der Waals surface area contributed by atoms with Gasteiger partial charge in [0.1, 0.15) is 33.5 Å². The fourth-order valence-corrected chi connectivity index (χ4v) is 20.7. The highest BCUT2D eigenvalue weighted by Crippen LogP contribution is 2.47. The highest BCUT2D eigenvalue weighted by molar-refractivity contribution is 6.22. The molecule has 0 spiro atoms. The lowest BCUT2D eigenvalue weighted by atomic mass is 9.98. The van der Waals surface area contributed by atoms with Gasteiger partial charge in [0.05, 0.1) is 77.2 Å². The molecule has 0 aliphatic heterocycles. The lowest BCUT2D eigenvalue weighted by Gasteiger charge is -2.13. The first-order valence-electron chi connectivity index (χ1n) is 46.4. The van der Waals surface area contributed by atoms with Crippen molar-refractivity contribution in [3.63, 3.8) is 0 Å². The Morgan fingerprint density at radius 1 is 0.159 bits per heavy atom. The molecule has 0 bridgehead atoms. The van der Waals surface area contributed by atoms with Gasteiger partial charge in [-0.15, -0.1) is 0 Å². The standard InChI is InChI=1S/2C44H27N3O.C38H23N3O/c1-3-12-28(13-4-1)29-14-11-15-31(26-29)44-45-37-24-23-35-34-19-8-10-21-40(34)48-43(35)41(37)42(46-44)30-22-25-39-36(27-30)33-18-7-9-20-38(33)47(39)32-16-5-2-6-17-32;1-2-12-28(13-3-1)29-14-10-15-30(26-29)31-16-11-17-32(27-31)43-45-37-25-24-36-35-20-6-9-23-40(35)48-42(36)41(37)44(46-43)47-38-21-7-4-18-33(38)34-19-5-8-22-39(34)47;1-3-11-24(12-4-1)36-35-31(21-20-29-28-16-8-10-18-34(28)42-37(29)35)39-38(40-36)25-19-22-33-30(23-25)27-15-7-9-17-32(27)41(33)26-13-5-2-6-14-26/h2*1-27H;1-23H. The molecule has 0 aliphatic rings. The molecule has 644 valence electrons. The zero-order valence-electron chi connectivity index (χ0n) is 74.2. The number of furan rings is 3. The van der Waals surface area contributed by atoms with Crippen LogP contribution in [0.25, 0.3) is 271 Å². The molecule has 0 atom stereocenters. The van der Waals surface area contributed by atoms with Crippen molar-refractivity contribution in [2.75, 3.05) is 0 Å². The topological polar surface area (TPSA) is 132 Å². The van der Waals surface area contributed by atoms with Crippen LogP contribution in [0.4, 0.5) is 0 Å². The van der Waals surface area contributed by atoms with Gasteiger partial charge < -0.3 is 22.4 Å². The molecule has 9 aromatic heterocycles. The van der Waals surface area contributed by atoms with Gasteiger partial charge in [0.25, 0.3) is 0 Å². The van der Waals surface area contributed by atoms with Gasteiger partial charge in [-0.1, -0.05) is 315 Å². The molecule has 29 rings (SSSR count). The maximum atomic E-state index is 6.61. The summed E-state index contributed by atoms with van der Waals surface area (Å²) in [5.41, 5.74) is 30.2. The Hall–Kier alpha value is -18.8. The number of hydrogen-bond acceptors (Lipinski definition) is 9. The third kappa shape index (κ3) is 13.3. The molecule has 0 saturated heterocycles. The van der Waals surface area contributed by atoms with Gasteiger partial charge in [-0.05, 0) is 185 Å². The van der Waals surface area contributed by atoms with Crippen molar-refractivity contribution in [2.45, 2.75) is 0 Å². The van der Waals surface area contributed by atoms with Gasteiger partial charge in [-0.3, -0.25) is 4.57 Å². The summed E-state index contributed by atoms with van der Waals surface area (Å²) in [6.07, 6.45) is 0. The smallest absolute Gasteiger partial charge is 0.162 e. The van der Waals surface area contributed by atoms with Crippen LogP contribution >= 0.6 is 0 Å². The normalized spacial score (nSPS) is 11.8. The third-order valence-corrected chi connectivity index (χ3v) is 27.0. The molecule has 0 saturated carbocycles. The minimum atomic E-state index is 0.663. The fourth-order valence-electron chi connectivity index (χ4n) is 20.7. The number of benzene rings is 20. The van der Waals surface area contributed by atoms with E-state index in [2.05, 4.69) is 408 Å². The number of aromatic nitrogens is 9. The molecule has 9 heterocycles. The van der Waals surface area contributed by atoms with Crippen LogP contribution in [0.1, 0.15) is 0 Å². The summed E-state index contributed by atoms with van der Waals surface area (Å²) in [4.78, 5) is 31.5. The summed E-state index contributed by atoms with van der Waals surface area (Å²) < 4.78 is 26.6. The average molecular weight is 1770 g/mol. The molecule has 29 aromatic rings. The minimum absolute atomic E-state index is 0.663. The SMILES string of the molecule is c1ccc(-c2cccc(-c3cccc(-c4nc(-n5c6ccccc6c6ccccc65)c5c(ccc6c7ccccc7oc65)n4)c3)c2)cc1.c1ccc(-c2cccc(-c3nc(-c4ccc5c(c4)c4ccccc4n5-c4ccccc4)c4c(ccc5c6ccccc6oc54)n3)c2)cc1.c1ccc(-c2nc(-c3ccc4c(c3)c3ccccc3n4-c3ccccc3)nc3ccc4c5ccccc5oc4c23)cc1. The Morgan fingerprint density at radius 2 is 0.442 bits per heavy atom. The van der Waals surface area contributed by atoms with E-state index in [-0.39, 0.29) is 0 Å². The first-order valence-corrected chi connectivity index (χ1v) is 46.4. The molecule has 0 radical (unpaired) electrons. The lowest BCUT2D eigenvalue weighted by Crippen LogP contribution is -2.03. The lowest BCUT2D eigenvalue weighted by molar-refractivity contribution is 0.672. The molecule has 0 fully saturated rings. The predicted octanol–water partition coefficient (Wildman–Crippen LogP) is 33.2. The van der Waals surface area contributed by atoms with E-state index in [0.717, 1.165) is 199 Å². The van der Waals surface area contributed by atoms with E-state index in [1.165, 1.54) is 54.5 Å². The quantitative estimate of drug-likeness (QED) is 0.124. The van der Waals surface area contributed by atoms with Crippen LogP contribution in [0.2, 0.25) is 0 Å². The summed E-state index contributed by atoms with van der Waals surface area (Å²) >= 11 is 0. The van der Waals surface area contributed by atoms with Crippen molar-refractivity contribution in [3.05, 3.63) is 467 Å². The van der Waals surface area contributed by atoms with E-state index in [1.807, 2.05) is 72.8 Å². The second-order valence-electron chi connectivity index (χ2n) is 35.0. The van der Waals surface area contributed by atoms with Gasteiger partial charge in [-0.2, -0.15) is 0 Å². The predicted molar refractivity (Wildman–Crippen MR) is 567 cm³/mol. The van der Waals surface area contributed by atoms with Crippen LogP contribution in [0.5, 0.6) is 0 Å². The van der Waals surface area contributed by atoms with Gasteiger partial charge >= 0.3 is 0 Å². The Labute approximate surface area is 789 Å². The Bertz CT molecular complexity index is 9880. The van der Waals surface area contributed by atoms with E-state index in [4.69, 9.17) is 43.2 Å². The molecule has 0 amide bonds. The van der Waals surface area contributed by atoms with Crippen LogP contribution in [0.15, 0.2) is 480 Å². The van der Waals surface area contributed by atoms with Crippen LogP contribution in [-0.4, -0.2) is 43.6 Å². The number of rotatable bonds is 11. The highest BCUT2D eigenvalue weighted by atomic mass is 16.3. The largest absolute Gasteiger partial charge is 0.455 e. The van der Waals surface area contributed by atoms with Crippen molar-refractivity contribution in [3.8, 4) is 107 Å². The van der Waals surface area contributed by atoms with Crippen molar-refractivity contribution < 1.29 is 13.3 Å². The zero-order chi connectivity index (χ0) is 90.8. The van der Waals surface area contributed by atoms with E-state index in [1.54, 1.807) is 0 Å². The molecular formula is C126H77N9O3. The van der Waals surface area contributed by atoms with E-state index < -0.39 is 0 Å². The minimum Gasteiger partial charge on any atom is -0.455 e. The molecule has 138 heavy (non-hydrogen) atoms. The van der Waals surface area contributed by atoms with Crippen LogP contribution in [0, 0.1) is 0 Å². The molecule has 20 aromatic carbocycles. The Kier molecular flexibility index (Phi) is 18.7. The van der Waals surface area contributed by atoms with Gasteiger partial charge in [0.15, 0.2) is 23.3 Å². The molecule has 0 N–H and O–H groups in total. The summed E-state index contributed by atoms with van der Waals surface area (Å²) in [6.45, 7) is 0. The van der Waals surface area contributed by atoms with Crippen LogP contribution in [0.3, 0.4) is 0 Å². The second-order valence-corrected chi connectivity index (χ2v) is 35.0. The molecule has 12 nitrogen and oxygen atoms in total. The van der Waals surface area contributed by atoms with Crippen molar-refractivity contribution in [1.29, 1.82) is 0 Å². The van der Waals surface area contributed by atoms with Crippen LogP contribution in [-0.2, 0) is 0 Å². The molecular weight excluding hydrogens is 1690 g/mol. The summed E-state index contributed by atoms with van der Waals surface area (Å²) in [5.74, 6) is 2.83. The molecule has 0 unspecified atom stereocenters. The summed E-state index contributed by atoms with van der Waals surface area (Å²) in [6, 6.07) is 163. The average Bonchev–Trinajstić information content (AvgIpc) is 1.56. The summed E-state index contributed by atoms with van der Waals surface area (Å²) in [7, 11) is 0. The highest BCUT2D eigenvalue weighted by Gasteiger charge is 2.27. The van der Waals surface area contributed by atoms with Crippen molar-refractivity contribution >= 4 is 164 Å². The monoisotopic (exact) mass is 1760 g/mol. The second kappa shape index (κ2) is 32.6. The van der Waals surface area contributed by atoms with E-state index >= 15 is 0 Å². The molecule has 12 heteroatoms. The number of para-hydroxylation sites is 9. The summed E-state index contributed by atoms with van der Waals surface area (Å²) in [5, 5.41) is 16.3. The number of nitrogens with zero attached hydrogens (tertiary/aromatic N) is 9. The van der Waals surface area contributed by atoms with Gasteiger partial charge in [0, 0.05) is 104 Å². The maximum absolute atomic E-state index is 6.61. The molecule has 0 aliphatic carbocycles. The Morgan fingerprint density at radius 3 is 0.870 bits per heavy atom. The van der Waals surface area contributed by atoms with E-state index in [0.29, 0.717) is 17.5 Å². The maximum Gasteiger partial charge on any atom is 0.162 e. The third-order valence-electron chi connectivity index (χ3n) is 27.0. The first-order chi connectivity index (χ1) is 68.4. The van der Waals surface area contributed by atoms with Gasteiger partial charge in [0.2, 0.25) is 0 Å². The van der Waals surface area contributed by atoms with Gasteiger partial charge in [-0.25, -0.2) is 29.9 Å². The van der Waals surface area contributed by atoms with Crippen molar-refractivity contribution in [2.24, 2.45) is 0 Å². The number of fused-ring (bicyclic) bond motifs is 24. The van der Waals surface area contributed by atoms with Crippen LogP contribution < -0.4 is 0 Å². The van der Waals surface area contributed by atoms with E-state index in [9.17, 15) is 0 Å². The zero-order valence-corrected chi connectivity index (χ0v) is 74.2. The number of hydrogen-bond donors (Lipinski definition) is 0. The first kappa shape index (κ1) is 79.0. The van der Waals surface area contributed by atoms with Crippen molar-refractivity contribution in [1.82, 2.24) is 43.6 Å².